The Kier molecular flexibility index (Phi) is 5.11. The van der Waals surface area contributed by atoms with Crippen LogP contribution in [0.25, 0.3) is 0 Å². The maximum atomic E-state index is 5.63. The van der Waals surface area contributed by atoms with Gasteiger partial charge in [0.05, 0.1) is 6.54 Å². The Labute approximate surface area is 142 Å². The van der Waals surface area contributed by atoms with Gasteiger partial charge in [0.25, 0.3) is 0 Å². The summed E-state index contributed by atoms with van der Waals surface area (Å²) in [6, 6.07) is 15.6. The van der Waals surface area contributed by atoms with Crippen molar-refractivity contribution in [1.82, 2.24) is 10.2 Å². The van der Waals surface area contributed by atoms with E-state index in [0.29, 0.717) is 6.04 Å². The lowest BCUT2D eigenvalue weighted by Gasteiger charge is -2.25. The van der Waals surface area contributed by atoms with Gasteiger partial charge >= 0.3 is 0 Å². The van der Waals surface area contributed by atoms with Gasteiger partial charge < -0.3 is 10.2 Å². The summed E-state index contributed by atoms with van der Waals surface area (Å²) < 4.78 is 0. The fourth-order valence-electron chi connectivity index (χ4n) is 2.41. The Morgan fingerprint density at radius 2 is 2.00 bits per heavy atom. The van der Waals surface area contributed by atoms with Crippen LogP contribution in [0.15, 0.2) is 42.5 Å². The lowest BCUT2D eigenvalue weighted by molar-refractivity contribution is 0.412. The second-order valence-electron chi connectivity index (χ2n) is 5.89. The molecule has 1 aliphatic carbocycles. The SMILES string of the molecule is Cc1ccc(CN(CCc2ccccc2)C(=S)NC2CC2)s1. The van der Waals surface area contributed by atoms with Crippen molar-refractivity contribution in [1.29, 1.82) is 0 Å². The van der Waals surface area contributed by atoms with E-state index < -0.39 is 0 Å². The van der Waals surface area contributed by atoms with Crippen LogP contribution in [-0.2, 0) is 13.0 Å². The van der Waals surface area contributed by atoms with Gasteiger partial charge in [0.1, 0.15) is 0 Å². The molecule has 2 nitrogen and oxygen atoms in total. The van der Waals surface area contributed by atoms with E-state index in [9.17, 15) is 0 Å². The van der Waals surface area contributed by atoms with Crippen LogP contribution in [0.3, 0.4) is 0 Å². The fraction of sp³-hybridized carbons (Fsp3) is 0.389. The van der Waals surface area contributed by atoms with Gasteiger partial charge in [0, 0.05) is 22.3 Å². The summed E-state index contributed by atoms with van der Waals surface area (Å²) >= 11 is 7.49. The molecule has 1 heterocycles. The summed E-state index contributed by atoms with van der Waals surface area (Å²) in [4.78, 5) is 5.05. The smallest absolute Gasteiger partial charge is 0.169 e. The molecular formula is C18H22N2S2. The number of hydrogen-bond donors (Lipinski definition) is 1. The van der Waals surface area contributed by atoms with Crippen LogP contribution in [-0.4, -0.2) is 22.6 Å². The maximum Gasteiger partial charge on any atom is 0.169 e. The molecule has 4 heteroatoms. The number of thiophene rings is 1. The summed E-state index contributed by atoms with van der Waals surface area (Å²) in [6.07, 6.45) is 3.53. The number of thiocarbonyl (C=S) groups is 1. The van der Waals surface area contributed by atoms with Crippen LogP contribution in [0.4, 0.5) is 0 Å². The van der Waals surface area contributed by atoms with E-state index in [-0.39, 0.29) is 0 Å². The number of nitrogens with one attached hydrogen (secondary N) is 1. The highest BCUT2D eigenvalue weighted by Gasteiger charge is 2.24. The van der Waals surface area contributed by atoms with Gasteiger partial charge in [0.15, 0.2) is 5.11 Å². The number of hydrogen-bond acceptors (Lipinski definition) is 2. The highest BCUT2D eigenvalue weighted by atomic mass is 32.1. The molecule has 3 rings (SSSR count). The molecule has 0 saturated heterocycles. The lowest BCUT2D eigenvalue weighted by Crippen LogP contribution is -2.41. The van der Waals surface area contributed by atoms with Gasteiger partial charge in [-0.2, -0.15) is 0 Å². The van der Waals surface area contributed by atoms with Crippen molar-refractivity contribution in [2.75, 3.05) is 6.54 Å². The summed E-state index contributed by atoms with van der Waals surface area (Å²) in [7, 11) is 0. The van der Waals surface area contributed by atoms with Crippen LogP contribution in [0.2, 0.25) is 0 Å². The summed E-state index contributed by atoms with van der Waals surface area (Å²) in [5, 5.41) is 4.39. The van der Waals surface area contributed by atoms with Crippen molar-refractivity contribution in [2.45, 2.75) is 38.8 Å². The van der Waals surface area contributed by atoms with E-state index in [1.54, 1.807) is 0 Å². The molecule has 2 aromatic rings. The molecule has 0 unspecified atom stereocenters. The number of nitrogens with zero attached hydrogens (tertiary/aromatic N) is 1. The minimum absolute atomic E-state index is 0.608. The van der Waals surface area contributed by atoms with Crippen molar-refractivity contribution < 1.29 is 0 Å². The van der Waals surface area contributed by atoms with Crippen molar-refractivity contribution in [3.05, 3.63) is 57.8 Å². The van der Waals surface area contributed by atoms with Gasteiger partial charge in [-0.15, -0.1) is 11.3 Å². The highest BCUT2D eigenvalue weighted by Crippen LogP contribution is 2.21. The quantitative estimate of drug-likeness (QED) is 0.802. The fourth-order valence-corrected chi connectivity index (χ4v) is 3.64. The molecule has 0 spiro atoms. The molecule has 116 valence electrons. The second-order valence-corrected chi connectivity index (χ2v) is 7.65. The van der Waals surface area contributed by atoms with Gasteiger partial charge in [-0.3, -0.25) is 0 Å². The highest BCUT2D eigenvalue weighted by molar-refractivity contribution is 7.80. The van der Waals surface area contributed by atoms with E-state index in [0.717, 1.165) is 24.6 Å². The van der Waals surface area contributed by atoms with E-state index in [1.165, 1.54) is 28.2 Å². The summed E-state index contributed by atoms with van der Waals surface area (Å²) in [5.74, 6) is 0. The first-order valence-corrected chi connectivity index (χ1v) is 9.08. The monoisotopic (exact) mass is 330 g/mol. The molecule has 0 atom stereocenters. The molecule has 0 amide bonds. The van der Waals surface area contributed by atoms with Gasteiger partial charge in [0.2, 0.25) is 0 Å². The topological polar surface area (TPSA) is 15.3 Å². The van der Waals surface area contributed by atoms with Gasteiger partial charge in [-0.25, -0.2) is 0 Å². The first kappa shape index (κ1) is 15.5. The van der Waals surface area contributed by atoms with Crippen LogP contribution in [0, 0.1) is 6.92 Å². The standard InChI is InChI=1S/C18H22N2S2/c1-14-7-10-17(22-14)13-20(18(21)19-16-8-9-16)12-11-15-5-3-2-4-6-15/h2-7,10,16H,8-9,11-13H2,1H3,(H,19,21). The summed E-state index contributed by atoms with van der Waals surface area (Å²) in [6.45, 7) is 4.02. The van der Waals surface area contributed by atoms with Gasteiger partial charge in [-0.1, -0.05) is 30.3 Å². The molecule has 0 radical (unpaired) electrons. The minimum atomic E-state index is 0.608. The first-order chi connectivity index (χ1) is 10.7. The van der Waals surface area contributed by atoms with Crippen LogP contribution >= 0.6 is 23.6 Å². The molecule has 1 saturated carbocycles. The molecule has 1 aromatic heterocycles. The van der Waals surface area contributed by atoms with Crippen LogP contribution < -0.4 is 5.32 Å². The van der Waals surface area contributed by atoms with Crippen molar-refractivity contribution >= 4 is 28.7 Å². The predicted molar refractivity (Wildman–Crippen MR) is 98.4 cm³/mol. The maximum absolute atomic E-state index is 5.63. The second kappa shape index (κ2) is 7.25. The number of rotatable bonds is 6. The summed E-state index contributed by atoms with van der Waals surface area (Å²) in [5.41, 5.74) is 1.36. The zero-order chi connectivity index (χ0) is 15.4. The average Bonchev–Trinajstić information content (AvgIpc) is 3.24. The number of benzene rings is 1. The van der Waals surface area contributed by atoms with Crippen molar-refractivity contribution in [2.24, 2.45) is 0 Å². The Morgan fingerprint density at radius 3 is 2.64 bits per heavy atom. The van der Waals surface area contributed by atoms with Crippen LogP contribution in [0.1, 0.15) is 28.2 Å². The Balaban J connectivity index is 1.63. The predicted octanol–water partition coefficient (Wildman–Crippen LogP) is 4.14. The number of aryl methyl sites for hydroxylation is 1. The zero-order valence-electron chi connectivity index (χ0n) is 12.9. The average molecular weight is 331 g/mol. The van der Waals surface area contributed by atoms with E-state index in [1.807, 2.05) is 11.3 Å². The van der Waals surface area contributed by atoms with Crippen LogP contribution in [0.5, 0.6) is 0 Å². The largest absolute Gasteiger partial charge is 0.360 e. The van der Waals surface area contributed by atoms with E-state index in [4.69, 9.17) is 12.2 Å². The molecular weight excluding hydrogens is 308 g/mol. The third-order valence-corrected chi connectivity index (χ3v) is 5.21. The molecule has 0 bridgehead atoms. The minimum Gasteiger partial charge on any atom is -0.360 e. The Hall–Kier alpha value is -1.39. The molecule has 1 N–H and O–H groups in total. The molecule has 1 fully saturated rings. The molecule has 1 aromatic carbocycles. The Morgan fingerprint density at radius 1 is 1.23 bits per heavy atom. The third-order valence-electron chi connectivity index (χ3n) is 3.85. The van der Waals surface area contributed by atoms with E-state index in [2.05, 4.69) is 59.6 Å². The third kappa shape index (κ3) is 4.55. The lowest BCUT2D eigenvalue weighted by atomic mass is 10.1. The van der Waals surface area contributed by atoms with E-state index >= 15 is 0 Å². The zero-order valence-corrected chi connectivity index (χ0v) is 14.6. The first-order valence-electron chi connectivity index (χ1n) is 7.85. The molecule has 22 heavy (non-hydrogen) atoms. The Bertz CT molecular complexity index is 617. The molecule has 1 aliphatic rings. The molecule has 0 aliphatic heterocycles. The van der Waals surface area contributed by atoms with Gasteiger partial charge in [-0.05, 0) is 56.1 Å². The van der Waals surface area contributed by atoms with Crippen molar-refractivity contribution in [3.63, 3.8) is 0 Å². The van der Waals surface area contributed by atoms with Crippen molar-refractivity contribution in [3.8, 4) is 0 Å². The normalized spacial score (nSPS) is 13.9.